The van der Waals surface area contributed by atoms with Gasteiger partial charge in [-0.1, -0.05) is 0 Å². The predicted octanol–water partition coefficient (Wildman–Crippen LogP) is 3.27. The van der Waals surface area contributed by atoms with Crippen LogP contribution in [-0.2, 0) is 28.1 Å². The fourth-order valence-electron chi connectivity index (χ4n) is 1.14. The third kappa shape index (κ3) is 5.22. The Kier molecular flexibility index (Phi) is 6.43. The molecule has 0 spiro atoms. The first-order chi connectivity index (χ1) is 6.92. The Bertz CT molecular complexity index is 341. The third-order valence-electron chi connectivity index (χ3n) is 1.88. The minimum absolute atomic E-state index is 0. The fraction of sp³-hybridized carbons (Fsp3) is 0.417. The van der Waals surface area contributed by atoms with Crippen LogP contribution in [-0.4, -0.2) is 11.6 Å². The molecule has 1 aromatic carbocycles. The molecule has 0 heterocycles. The SMILES string of the molecule is Br.CC(C)(C)OC(=O)c1ccc([CH2][Zn])cc1. The summed E-state index contributed by atoms with van der Waals surface area (Å²) in [6, 6.07) is 7.64. The summed E-state index contributed by atoms with van der Waals surface area (Å²) in [5.74, 6) is -0.249. The van der Waals surface area contributed by atoms with Crippen molar-refractivity contribution in [2.45, 2.75) is 31.4 Å². The number of hydrogen-bond donors (Lipinski definition) is 0. The molecule has 1 aromatic rings. The summed E-state index contributed by atoms with van der Waals surface area (Å²) in [6.45, 7) is 5.61. The van der Waals surface area contributed by atoms with Crippen molar-refractivity contribution in [2.24, 2.45) is 0 Å². The molecule has 85 valence electrons. The van der Waals surface area contributed by atoms with Gasteiger partial charge < -0.3 is 0 Å². The second kappa shape index (κ2) is 6.51. The van der Waals surface area contributed by atoms with Gasteiger partial charge in [0.25, 0.3) is 0 Å². The number of hydrogen-bond acceptors (Lipinski definition) is 2. The maximum atomic E-state index is 11.6. The molecule has 0 fully saturated rings. The van der Waals surface area contributed by atoms with Crippen LogP contribution < -0.4 is 0 Å². The first kappa shape index (κ1) is 15.8. The van der Waals surface area contributed by atoms with Crippen LogP contribution in [0.2, 0.25) is 0 Å². The number of ether oxygens (including phenoxy) is 1. The van der Waals surface area contributed by atoms with Crippen LogP contribution >= 0.6 is 17.0 Å². The normalized spacial score (nSPS) is 10.6. The van der Waals surface area contributed by atoms with Gasteiger partial charge in [-0.15, -0.1) is 17.0 Å². The molecule has 0 unspecified atom stereocenters. The molecule has 0 saturated carbocycles. The summed E-state index contributed by atoms with van der Waals surface area (Å²) in [7, 11) is 0. The van der Waals surface area contributed by atoms with E-state index < -0.39 is 5.60 Å². The van der Waals surface area contributed by atoms with Gasteiger partial charge >= 0.3 is 101 Å². The molecule has 0 radical (unpaired) electrons. The Morgan fingerprint density at radius 1 is 1.25 bits per heavy atom. The van der Waals surface area contributed by atoms with E-state index in [-0.39, 0.29) is 23.0 Å². The van der Waals surface area contributed by atoms with E-state index >= 15 is 0 Å². The van der Waals surface area contributed by atoms with Crippen LogP contribution in [0, 0.1) is 0 Å². The van der Waals surface area contributed by atoms with Crippen molar-refractivity contribution in [1.82, 2.24) is 0 Å². The molecule has 0 atom stereocenters. The van der Waals surface area contributed by atoms with E-state index in [0.29, 0.717) is 5.56 Å². The van der Waals surface area contributed by atoms with Crippen molar-refractivity contribution in [2.75, 3.05) is 0 Å². The molecule has 16 heavy (non-hydrogen) atoms. The third-order valence-corrected chi connectivity index (χ3v) is 3.09. The molecule has 0 saturated heterocycles. The Balaban J connectivity index is 0.00000225. The number of benzene rings is 1. The van der Waals surface area contributed by atoms with Crippen molar-refractivity contribution in [3.63, 3.8) is 0 Å². The van der Waals surface area contributed by atoms with E-state index in [4.69, 9.17) is 4.74 Å². The zero-order valence-corrected chi connectivity index (χ0v) is 14.6. The first-order valence-corrected chi connectivity index (χ1v) is 7.14. The predicted molar refractivity (Wildman–Crippen MR) is 65.6 cm³/mol. The topological polar surface area (TPSA) is 26.3 Å². The number of halogens is 1. The zero-order valence-electron chi connectivity index (χ0n) is 9.95. The molecule has 0 aromatic heterocycles. The Labute approximate surface area is 117 Å². The molecule has 0 bridgehead atoms. The van der Waals surface area contributed by atoms with E-state index in [2.05, 4.69) is 0 Å². The van der Waals surface area contributed by atoms with E-state index in [0.717, 1.165) is 5.02 Å². The number of esters is 1. The van der Waals surface area contributed by atoms with Gasteiger partial charge in [0.1, 0.15) is 0 Å². The Hall–Kier alpha value is -0.207. The second-order valence-corrected chi connectivity index (χ2v) is 5.50. The molecular formula is C12H16BrO2Zn. The molecule has 0 aliphatic rings. The molecule has 2 nitrogen and oxygen atoms in total. The molecule has 0 amide bonds. The number of carbonyl (C=O) groups excluding carboxylic acids is 1. The molecule has 1 rings (SSSR count). The van der Waals surface area contributed by atoms with Crippen LogP contribution in [0.1, 0.15) is 36.7 Å². The summed E-state index contributed by atoms with van der Waals surface area (Å²) in [5.41, 5.74) is 1.48. The monoisotopic (exact) mass is 335 g/mol. The molecule has 4 heteroatoms. The minimum atomic E-state index is -0.424. The van der Waals surface area contributed by atoms with Crippen LogP contribution in [0.25, 0.3) is 0 Å². The van der Waals surface area contributed by atoms with Gasteiger partial charge in [0.05, 0.1) is 0 Å². The molecule has 0 N–H and O–H groups in total. The average Bonchev–Trinajstić information content (AvgIpc) is 2.15. The van der Waals surface area contributed by atoms with E-state index in [1.54, 1.807) is 0 Å². The molecular weight excluding hydrogens is 321 g/mol. The van der Waals surface area contributed by atoms with Crippen LogP contribution in [0.3, 0.4) is 0 Å². The van der Waals surface area contributed by atoms with Gasteiger partial charge in [-0.05, 0) is 0 Å². The first-order valence-electron chi connectivity index (χ1n) is 5.04. The maximum absolute atomic E-state index is 11.6. The summed E-state index contributed by atoms with van der Waals surface area (Å²) in [4.78, 5) is 11.6. The van der Waals surface area contributed by atoms with Crippen LogP contribution in [0.15, 0.2) is 24.3 Å². The van der Waals surface area contributed by atoms with Crippen molar-refractivity contribution >= 4 is 23.0 Å². The van der Waals surface area contributed by atoms with Crippen LogP contribution in [0.4, 0.5) is 0 Å². The zero-order chi connectivity index (χ0) is 11.5. The van der Waals surface area contributed by atoms with Gasteiger partial charge in [-0.2, -0.15) is 0 Å². The second-order valence-electron chi connectivity index (χ2n) is 4.45. The van der Waals surface area contributed by atoms with Gasteiger partial charge in [0.2, 0.25) is 0 Å². The van der Waals surface area contributed by atoms with Crippen molar-refractivity contribution < 1.29 is 27.8 Å². The number of carbonyl (C=O) groups is 1. The Morgan fingerprint density at radius 3 is 2.12 bits per heavy atom. The van der Waals surface area contributed by atoms with Crippen molar-refractivity contribution in [3.8, 4) is 0 Å². The standard InChI is InChI=1S/C12H15O2.BrH.Zn/c1-9-5-7-10(8-6-9)11(13)14-12(2,3)4;;/h5-8H,1H2,2-4H3;1H;. The van der Waals surface area contributed by atoms with E-state index in [1.807, 2.05) is 45.0 Å². The summed E-state index contributed by atoms with van der Waals surface area (Å²) in [5, 5.41) is 1.11. The summed E-state index contributed by atoms with van der Waals surface area (Å²) >= 11 is 1.24. The number of rotatable bonds is 2. The van der Waals surface area contributed by atoms with E-state index in [1.165, 1.54) is 23.9 Å². The van der Waals surface area contributed by atoms with Gasteiger partial charge in [-0.3, -0.25) is 0 Å². The fourth-order valence-corrected chi connectivity index (χ4v) is 1.84. The average molecular weight is 338 g/mol. The Morgan fingerprint density at radius 2 is 1.75 bits per heavy atom. The molecule has 0 aliphatic carbocycles. The van der Waals surface area contributed by atoms with Gasteiger partial charge in [-0.25, -0.2) is 0 Å². The molecule has 0 aliphatic heterocycles. The van der Waals surface area contributed by atoms with Crippen LogP contribution in [0.5, 0.6) is 0 Å². The van der Waals surface area contributed by atoms with E-state index in [9.17, 15) is 4.79 Å². The van der Waals surface area contributed by atoms with Crippen molar-refractivity contribution in [3.05, 3.63) is 35.4 Å². The summed E-state index contributed by atoms with van der Waals surface area (Å²) < 4.78 is 5.27. The van der Waals surface area contributed by atoms with Gasteiger partial charge in [0.15, 0.2) is 0 Å². The van der Waals surface area contributed by atoms with Crippen molar-refractivity contribution in [1.29, 1.82) is 0 Å². The quantitative estimate of drug-likeness (QED) is 0.611. The summed E-state index contributed by atoms with van der Waals surface area (Å²) in [6.07, 6.45) is 0. The van der Waals surface area contributed by atoms with Gasteiger partial charge in [0, 0.05) is 0 Å².